The Labute approximate surface area is 190 Å². The van der Waals surface area contributed by atoms with Gasteiger partial charge < -0.3 is 18.9 Å². The molecule has 182 valence electrons. The van der Waals surface area contributed by atoms with Gasteiger partial charge in [-0.25, -0.2) is 4.68 Å². The Morgan fingerprint density at radius 1 is 0.938 bits per heavy atom. The maximum atomic E-state index is 12.4. The van der Waals surface area contributed by atoms with Crippen molar-refractivity contribution in [2.24, 2.45) is 17.8 Å². The van der Waals surface area contributed by atoms with E-state index in [0.717, 1.165) is 6.61 Å². The van der Waals surface area contributed by atoms with Gasteiger partial charge in [-0.1, -0.05) is 32.9 Å². The van der Waals surface area contributed by atoms with Gasteiger partial charge in [-0.05, 0) is 11.8 Å². The number of carbonyl (C=O) groups is 2. The molecule has 1 unspecified atom stereocenters. The number of nitrogens with zero attached hydrogens (tertiary/aromatic N) is 4. The summed E-state index contributed by atoms with van der Waals surface area (Å²) >= 11 is 0. The summed E-state index contributed by atoms with van der Waals surface area (Å²) in [4.78, 5) is 25.8. The van der Waals surface area contributed by atoms with Crippen molar-refractivity contribution in [3.05, 3.63) is 11.9 Å². The number of amides is 2. The molecule has 0 aromatic carbocycles. The van der Waals surface area contributed by atoms with Crippen molar-refractivity contribution < 1.29 is 28.5 Å². The minimum absolute atomic E-state index is 0.118. The molecule has 1 aliphatic heterocycles. The molecule has 0 spiro atoms. The van der Waals surface area contributed by atoms with Crippen LogP contribution >= 0.6 is 0 Å². The van der Waals surface area contributed by atoms with Crippen LogP contribution in [0.3, 0.4) is 0 Å². The molecule has 2 rings (SSSR count). The van der Waals surface area contributed by atoms with Crippen molar-refractivity contribution >= 4 is 11.8 Å². The summed E-state index contributed by atoms with van der Waals surface area (Å²) in [5.41, 5.74) is 0.592. The van der Waals surface area contributed by atoms with E-state index < -0.39 is 0 Å². The maximum Gasteiger partial charge on any atom is 0.233 e. The molecule has 0 aliphatic carbocycles. The molecule has 0 N–H and O–H groups in total. The van der Waals surface area contributed by atoms with Crippen LogP contribution in [0.5, 0.6) is 0 Å². The molecule has 2 heterocycles. The normalized spacial score (nSPS) is 16.8. The topological polar surface area (TPSA) is 105 Å². The van der Waals surface area contributed by atoms with Crippen molar-refractivity contribution in [2.45, 2.75) is 47.2 Å². The molecular formula is C22H38N4O6. The molecule has 10 nitrogen and oxygen atoms in total. The van der Waals surface area contributed by atoms with E-state index in [9.17, 15) is 9.59 Å². The smallest absolute Gasteiger partial charge is 0.233 e. The summed E-state index contributed by atoms with van der Waals surface area (Å²) < 4.78 is 23.5. The lowest BCUT2D eigenvalue weighted by Gasteiger charge is -2.14. The van der Waals surface area contributed by atoms with Gasteiger partial charge in [-0.2, -0.15) is 0 Å². The quantitative estimate of drug-likeness (QED) is 0.258. The largest absolute Gasteiger partial charge is 0.379 e. The third kappa shape index (κ3) is 9.32. The van der Waals surface area contributed by atoms with E-state index in [2.05, 4.69) is 24.2 Å². The van der Waals surface area contributed by atoms with Crippen LogP contribution in [0.1, 0.15) is 39.8 Å². The molecule has 1 fully saturated rings. The summed E-state index contributed by atoms with van der Waals surface area (Å²) in [6.07, 6.45) is 2.02. The van der Waals surface area contributed by atoms with Gasteiger partial charge in [0.05, 0.1) is 65.5 Å². The van der Waals surface area contributed by atoms with Crippen molar-refractivity contribution in [1.29, 1.82) is 0 Å². The van der Waals surface area contributed by atoms with Gasteiger partial charge in [-0.3, -0.25) is 14.5 Å². The summed E-state index contributed by atoms with van der Waals surface area (Å²) in [6.45, 7) is 13.3. The molecule has 0 radical (unpaired) electrons. The molecule has 0 saturated carbocycles. The van der Waals surface area contributed by atoms with Crippen LogP contribution in [-0.4, -0.2) is 84.6 Å². The number of rotatable bonds is 17. The van der Waals surface area contributed by atoms with Gasteiger partial charge in [0.15, 0.2) is 0 Å². The fourth-order valence-electron chi connectivity index (χ4n) is 3.21. The highest BCUT2D eigenvalue weighted by atomic mass is 16.6. The molecule has 2 amide bonds. The molecule has 1 atom stereocenters. The van der Waals surface area contributed by atoms with E-state index in [1.54, 1.807) is 10.9 Å². The third-order valence-corrected chi connectivity index (χ3v) is 5.02. The molecule has 1 saturated heterocycles. The summed E-state index contributed by atoms with van der Waals surface area (Å²) in [5.74, 6) is 0.191. The number of ether oxygens (including phenoxy) is 4. The molecular weight excluding hydrogens is 416 g/mol. The maximum absolute atomic E-state index is 12.4. The molecule has 10 heteroatoms. The van der Waals surface area contributed by atoms with Gasteiger partial charge in [0.25, 0.3) is 0 Å². The van der Waals surface area contributed by atoms with Crippen LogP contribution in [0.15, 0.2) is 6.20 Å². The zero-order chi connectivity index (χ0) is 23.3. The van der Waals surface area contributed by atoms with E-state index in [1.807, 2.05) is 13.8 Å². The molecule has 32 heavy (non-hydrogen) atoms. The van der Waals surface area contributed by atoms with Crippen LogP contribution in [-0.2, 0) is 41.6 Å². The van der Waals surface area contributed by atoms with Crippen LogP contribution in [0, 0.1) is 17.8 Å². The lowest BCUT2D eigenvalue weighted by atomic mass is 9.94. The first-order valence-electron chi connectivity index (χ1n) is 11.4. The van der Waals surface area contributed by atoms with Gasteiger partial charge in [0, 0.05) is 18.9 Å². The van der Waals surface area contributed by atoms with Gasteiger partial charge >= 0.3 is 0 Å². The minimum atomic E-state index is -0.233. The van der Waals surface area contributed by atoms with Gasteiger partial charge in [-0.15, -0.1) is 5.10 Å². The molecule has 1 aromatic rings. The number of likely N-dealkylation sites (tertiary alicyclic amines) is 1. The average Bonchev–Trinajstić information content (AvgIpc) is 3.30. The minimum Gasteiger partial charge on any atom is -0.379 e. The highest BCUT2D eigenvalue weighted by molar-refractivity contribution is 6.03. The summed E-state index contributed by atoms with van der Waals surface area (Å²) in [6, 6.07) is 0. The SMILES string of the molecule is CC(C)COCCOCCOCCOCCn1cc(CN2C(=O)CC(C(C)C)C2=O)nn1. The average molecular weight is 455 g/mol. The van der Waals surface area contributed by atoms with E-state index in [-0.39, 0.29) is 36.6 Å². The lowest BCUT2D eigenvalue weighted by Crippen LogP contribution is -2.31. The Bertz CT molecular complexity index is 694. The highest BCUT2D eigenvalue weighted by Gasteiger charge is 2.40. The Kier molecular flexibility index (Phi) is 11.8. The molecule has 1 aliphatic rings. The fourth-order valence-corrected chi connectivity index (χ4v) is 3.21. The Morgan fingerprint density at radius 3 is 2.09 bits per heavy atom. The van der Waals surface area contributed by atoms with Crippen molar-refractivity contribution in [3.63, 3.8) is 0 Å². The first kappa shape index (κ1) is 26.4. The van der Waals surface area contributed by atoms with E-state index in [1.165, 1.54) is 4.90 Å². The summed E-state index contributed by atoms with van der Waals surface area (Å²) in [7, 11) is 0. The third-order valence-electron chi connectivity index (χ3n) is 5.02. The number of imide groups is 1. The van der Waals surface area contributed by atoms with Crippen LogP contribution in [0.25, 0.3) is 0 Å². The van der Waals surface area contributed by atoms with E-state index in [0.29, 0.717) is 64.4 Å². The second-order valence-electron chi connectivity index (χ2n) is 8.65. The van der Waals surface area contributed by atoms with Crippen LogP contribution in [0.4, 0.5) is 0 Å². The van der Waals surface area contributed by atoms with Crippen molar-refractivity contribution in [3.8, 4) is 0 Å². The number of aromatic nitrogens is 3. The zero-order valence-electron chi connectivity index (χ0n) is 19.8. The number of hydrogen-bond acceptors (Lipinski definition) is 8. The van der Waals surface area contributed by atoms with Gasteiger partial charge in [0.2, 0.25) is 11.8 Å². The van der Waals surface area contributed by atoms with Crippen LogP contribution < -0.4 is 0 Å². The number of carbonyl (C=O) groups excluding carboxylic acids is 2. The second kappa shape index (κ2) is 14.3. The monoisotopic (exact) mass is 454 g/mol. The summed E-state index contributed by atoms with van der Waals surface area (Å²) in [5, 5.41) is 8.11. The standard InChI is InChI=1S/C22H38N4O6/c1-17(2)16-32-12-11-31-10-9-30-8-7-29-6-5-25-14-19(23-24-25)15-26-21(27)13-20(18(3)4)22(26)28/h14,17-18,20H,5-13,15-16H2,1-4H3. The van der Waals surface area contributed by atoms with Crippen LogP contribution in [0.2, 0.25) is 0 Å². The fraction of sp³-hybridized carbons (Fsp3) is 0.818. The molecule has 0 bridgehead atoms. The molecule has 1 aromatic heterocycles. The first-order valence-corrected chi connectivity index (χ1v) is 11.4. The van der Waals surface area contributed by atoms with Gasteiger partial charge in [0.1, 0.15) is 5.69 Å². The Morgan fingerprint density at radius 2 is 1.53 bits per heavy atom. The van der Waals surface area contributed by atoms with E-state index in [4.69, 9.17) is 18.9 Å². The highest BCUT2D eigenvalue weighted by Crippen LogP contribution is 2.27. The zero-order valence-corrected chi connectivity index (χ0v) is 19.8. The Hall–Kier alpha value is -1.88. The van der Waals surface area contributed by atoms with E-state index >= 15 is 0 Å². The lowest BCUT2D eigenvalue weighted by molar-refractivity contribution is -0.140. The first-order chi connectivity index (χ1) is 15.4. The second-order valence-corrected chi connectivity index (χ2v) is 8.65. The predicted octanol–water partition coefficient (Wildman–Crippen LogP) is 1.53. The van der Waals surface area contributed by atoms with Crippen molar-refractivity contribution in [2.75, 3.05) is 52.9 Å². The Balaban J connectivity index is 1.49. The number of hydrogen-bond donors (Lipinski definition) is 0. The van der Waals surface area contributed by atoms with Crippen molar-refractivity contribution in [1.82, 2.24) is 19.9 Å². The predicted molar refractivity (Wildman–Crippen MR) is 117 cm³/mol.